The van der Waals surface area contributed by atoms with Crippen LogP contribution < -0.4 is 40.2 Å². The number of rotatable bonds is 8. The van der Waals surface area contributed by atoms with Crippen LogP contribution in [0.3, 0.4) is 0 Å². The number of ether oxygens (including phenoxy) is 1. The molecule has 0 atom stereocenters. The molecule has 4 heterocycles. The molecule has 0 saturated carbocycles. The Balaban J connectivity index is 0.00000773. The molecule has 434 valence electrons. The molecule has 1 aromatic heterocycles. The van der Waals surface area contributed by atoms with Gasteiger partial charge in [0.2, 0.25) is 0 Å². The van der Waals surface area contributed by atoms with Crippen molar-refractivity contribution < 1.29 is 32.7 Å². The third kappa shape index (κ3) is 9.96. The molecule has 0 N–H and O–H groups in total. The minimum absolute atomic E-state index is 0. The summed E-state index contributed by atoms with van der Waals surface area (Å²) < 4.78 is 52.4. The van der Waals surface area contributed by atoms with E-state index in [9.17, 15) is 2.74 Å². The first-order valence-electron chi connectivity index (χ1n) is 32.3. The number of pyridine rings is 1. The quantitative estimate of drug-likeness (QED) is 0.112. The maximum atomic E-state index is 9.43. The number of aryl methyl sites for hydroxylation is 2. The Hall–Kier alpha value is -8.54. The zero-order chi connectivity index (χ0) is 63.8. The molecule has 87 heavy (non-hydrogen) atoms. The summed E-state index contributed by atoms with van der Waals surface area (Å²) in [6.07, 6.45) is 1.92. The van der Waals surface area contributed by atoms with Gasteiger partial charge in [0.15, 0.2) is 0 Å². The smallest absolute Gasteiger partial charge is 0.135 e. The Morgan fingerprint density at radius 1 is 0.460 bits per heavy atom. The van der Waals surface area contributed by atoms with E-state index in [4.69, 9.17) is 13.8 Å². The molecular weight excluding hydrogens is 1260 g/mol. The van der Waals surface area contributed by atoms with E-state index in [0.29, 0.717) is 28.4 Å². The molecule has 5 nitrogen and oxygen atoms in total. The summed E-state index contributed by atoms with van der Waals surface area (Å²) in [5.41, 5.74) is 17.5. The van der Waals surface area contributed by atoms with E-state index in [1.54, 1.807) is 0 Å². The first-order chi connectivity index (χ1) is 43.4. The van der Waals surface area contributed by atoms with Gasteiger partial charge in [-0.25, -0.2) is 4.98 Å². The van der Waals surface area contributed by atoms with Gasteiger partial charge < -0.3 is 19.4 Å². The second-order valence-corrected chi connectivity index (χ2v) is 30.0. The second-order valence-electron chi connectivity index (χ2n) is 26.4. The fourth-order valence-corrected chi connectivity index (χ4v) is 18.7. The van der Waals surface area contributed by atoms with Crippen molar-refractivity contribution in [3.05, 3.63) is 271 Å². The van der Waals surface area contributed by atoms with Crippen molar-refractivity contribution in [2.24, 2.45) is 0 Å². The molecule has 14 rings (SSSR count). The van der Waals surface area contributed by atoms with Gasteiger partial charge in [-0.05, 0) is 132 Å². The van der Waals surface area contributed by atoms with Crippen LogP contribution in [0.4, 0.5) is 39.9 Å². The van der Waals surface area contributed by atoms with Crippen LogP contribution in [-0.2, 0) is 37.3 Å². The van der Waals surface area contributed by atoms with Gasteiger partial charge in [-0.2, -0.15) is 12.1 Å². The largest absolute Gasteiger partial charge is 0.509 e. The van der Waals surface area contributed by atoms with E-state index in [1.807, 2.05) is 55.3 Å². The van der Waals surface area contributed by atoms with Crippen molar-refractivity contribution >= 4 is 68.8 Å². The Labute approximate surface area is 537 Å². The maximum absolute atomic E-state index is 9.43. The Kier molecular flexibility index (Phi) is 12.9. The second kappa shape index (κ2) is 21.7. The molecule has 11 aromatic rings. The number of benzene rings is 10. The third-order valence-electron chi connectivity index (χ3n) is 17.4. The van der Waals surface area contributed by atoms with Crippen LogP contribution in [0.25, 0.3) is 44.5 Å². The molecule has 0 aliphatic carbocycles. The van der Waals surface area contributed by atoms with Crippen LogP contribution in [0.5, 0.6) is 11.5 Å². The van der Waals surface area contributed by atoms with Crippen molar-refractivity contribution in [1.29, 1.82) is 0 Å². The average Bonchev–Trinajstić information content (AvgIpc) is 1.41. The summed E-state index contributed by atoms with van der Waals surface area (Å²) >= 11 is 0. The number of fused-ring (bicyclic) bond motifs is 10. The molecule has 0 radical (unpaired) electrons. The SMILES string of the molecule is [2H]c1c([2H])c([2H])c(-c2cccc(-c3cc(-c4cccc(C(C)(C)C)c4)cc(C(C)(C)C)c3)c2N2[CH-]N(c3[c-]c(Oc4[c-]c5c(cc4)[Si]4(c6cc(C)ccc6-c6ccc(C)cc64)c4ccccc4N5c4cc(C(C)(C)C)ccn4)ccc3)c3ccccc32)c([2H])c1[2H].[Pt]. The molecule has 0 unspecified atom stereocenters. The zero-order valence-corrected chi connectivity index (χ0v) is 54.3. The molecule has 7 heteroatoms. The fourth-order valence-electron chi connectivity index (χ4n) is 13.0. The molecule has 1 spiro atoms. The van der Waals surface area contributed by atoms with E-state index in [2.05, 4.69) is 249 Å². The molecule has 0 fully saturated rings. The average molecular weight is 1330 g/mol. The first-order valence-corrected chi connectivity index (χ1v) is 31.8. The maximum Gasteiger partial charge on any atom is 0.135 e. The number of hydrogen-bond acceptors (Lipinski definition) is 5. The topological polar surface area (TPSA) is 31.8 Å². The van der Waals surface area contributed by atoms with Crippen molar-refractivity contribution in [2.45, 2.75) is 92.4 Å². The predicted molar refractivity (Wildman–Crippen MR) is 363 cm³/mol. The minimum Gasteiger partial charge on any atom is -0.509 e. The van der Waals surface area contributed by atoms with E-state index >= 15 is 0 Å². The van der Waals surface area contributed by atoms with E-state index in [-0.39, 0.29) is 55.0 Å². The third-order valence-corrected chi connectivity index (χ3v) is 22.3. The van der Waals surface area contributed by atoms with Gasteiger partial charge in [0.1, 0.15) is 13.9 Å². The van der Waals surface area contributed by atoms with Gasteiger partial charge in [-0.3, -0.25) is 0 Å². The van der Waals surface area contributed by atoms with E-state index < -0.39 is 26.2 Å². The molecule has 0 saturated heterocycles. The minimum atomic E-state index is -3.03. The Bertz CT molecular complexity index is 4730. The predicted octanol–water partition coefficient (Wildman–Crippen LogP) is 18.5. The van der Waals surface area contributed by atoms with Crippen LogP contribution in [0.2, 0.25) is 0 Å². The number of anilines is 7. The van der Waals surface area contributed by atoms with Gasteiger partial charge in [-0.15, -0.1) is 47.9 Å². The molecule has 0 bridgehead atoms. The van der Waals surface area contributed by atoms with Crippen molar-refractivity contribution in [2.75, 3.05) is 14.7 Å². The van der Waals surface area contributed by atoms with E-state index in [0.717, 1.165) is 56.4 Å². The summed E-state index contributed by atoms with van der Waals surface area (Å²) in [7, 11) is -3.03. The standard InChI is InChI=1S/C80H71N4OSi.Pt/c1-52-34-37-66-67-38-35-53(2)43-75(67)86(74(66)42-52)72-33-18-17-32-70(72)84(76-48-59(40-41-81-76)79(6,7)8)71-50-63(36-39-73(71)86)85-62-27-20-26-61(49-62)82-51-83(69-31-16-15-30-68(69)82)77-64(54-22-13-12-14-23-54)28-21-29-65(77)57-44-56(46-60(47-57)80(9,10)11)55-24-19-25-58(45-55)78(3,4)5;/h12-48,51H,1-11H3;/q-3;/i12D,13D,14D,22D,23D;. The van der Waals surface area contributed by atoms with Crippen LogP contribution in [0.1, 0.15) is 97.0 Å². The van der Waals surface area contributed by atoms with Gasteiger partial charge in [-0.1, -0.05) is 231 Å². The van der Waals surface area contributed by atoms with Crippen LogP contribution >= 0.6 is 0 Å². The molecule has 0 amide bonds. The summed E-state index contributed by atoms with van der Waals surface area (Å²) in [6.45, 7) is 26.5. The van der Waals surface area contributed by atoms with Crippen molar-refractivity contribution in [1.82, 2.24) is 4.98 Å². The van der Waals surface area contributed by atoms with Crippen molar-refractivity contribution in [3.8, 4) is 56.0 Å². The number of para-hydroxylation sites is 4. The van der Waals surface area contributed by atoms with Crippen molar-refractivity contribution in [3.63, 3.8) is 0 Å². The van der Waals surface area contributed by atoms with Gasteiger partial charge in [0.05, 0.1) is 6.85 Å². The molecular formula is C80H71N4OPtSi-3. The number of nitrogens with zero attached hydrogens (tertiary/aromatic N) is 4. The number of aromatic nitrogens is 1. The van der Waals surface area contributed by atoms with Crippen LogP contribution in [0, 0.1) is 32.6 Å². The summed E-state index contributed by atoms with van der Waals surface area (Å²) in [5.74, 6) is 1.80. The Morgan fingerprint density at radius 2 is 1.05 bits per heavy atom. The molecule has 3 aliphatic rings. The number of hydrogen-bond donors (Lipinski definition) is 0. The van der Waals surface area contributed by atoms with Gasteiger partial charge >= 0.3 is 0 Å². The summed E-state index contributed by atoms with van der Waals surface area (Å²) in [6, 6.07) is 72.7. The summed E-state index contributed by atoms with van der Waals surface area (Å²) in [4.78, 5) is 11.6. The summed E-state index contributed by atoms with van der Waals surface area (Å²) in [5, 5.41) is 5.24. The molecule has 3 aliphatic heterocycles. The first kappa shape index (κ1) is 51.7. The Morgan fingerprint density at radius 3 is 1.74 bits per heavy atom. The van der Waals surface area contributed by atoms with Gasteiger partial charge in [0.25, 0.3) is 0 Å². The van der Waals surface area contributed by atoms with Crippen LogP contribution in [0.15, 0.2) is 224 Å². The van der Waals surface area contributed by atoms with E-state index in [1.165, 1.54) is 54.1 Å². The zero-order valence-electron chi connectivity index (χ0n) is 56.1. The normalized spacial score (nSPS) is 14.6. The van der Waals surface area contributed by atoms with Gasteiger partial charge in [0, 0.05) is 72.6 Å². The molecule has 10 aromatic carbocycles. The fraction of sp³-hybridized carbons (Fsp3) is 0.175. The van der Waals surface area contributed by atoms with Crippen LogP contribution in [-0.4, -0.2) is 13.1 Å². The monoisotopic (exact) mass is 1330 g/mol.